The van der Waals surface area contributed by atoms with E-state index >= 15 is 0 Å². The maximum atomic E-state index is 12.3. The van der Waals surface area contributed by atoms with Gasteiger partial charge in [-0.15, -0.1) is 0 Å². The largest absolute Gasteiger partial charge is 0.495 e. The molecule has 4 nitrogen and oxygen atoms in total. The zero-order valence-electron chi connectivity index (χ0n) is 12.2. The Labute approximate surface area is 120 Å². The lowest BCUT2D eigenvalue weighted by atomic mass is 9.96. The minimum absolute atomic E-state index is 0.0335. The van der Waals surface area contributed by atoms with Crippen LogP contribution in [-0.4, -0.2) is 19.1 Å². The summed E-state index contributed by atoms with van der Waals surface area (Å²) >= 11 is 0. The Hall–Kier alpha value is -1.71. The minimum atomic E-state index is -0.0335. The van der Waals surface area contributed by atoms with Crippen LogP contribution in [-0.2, 0) is 0 Å². The topological polar surface area (TPSA) is 64.3 Å². The van der Waals surface area contributed by atoms with Crippen molar-refractivity contribution in [3.8, 4) is 5.75 Å². The average molecular weight is 276 g/mol. The smallest absolute Gasteiger partial charge is 0.251 e. The second kappa shape index (κ2) is 7.17. The lowest BCUT2D eigenvalue weighted by Crippen LogP contribution is -2.35. The SMILES string of the molecule is COc1cc(C(=O)NC2CCCCCCC2)ccc1N. The molecular formula is C16H24N2O2. The van der Waals surface area contributed by atoms with E-state index < -0.39 is 0 Å². The predicted molar refractivity (Wildman–Crippen MR) is 81.0 cm³/mol. The van der Waals surface area contributed by atoms with Crippen molar-refractivity contribution in [2.24, 2.45) is 0 Å². The molecule has 3 N–H and O–H groups in total. The number of amides is 1. The van der Waals surface area contributed by atoms with Crippen LogP contribution in [0.15, 0.2) is 18.2 Å². The van der Waals surface area contributed by atoms with Gasteiger partial charge >= 0.3 is 0 Å². The van der Waals surface area contributed by atoms with E-state index in [4.69, 9.17) is 10.5 Å². The highest BCUT2D eigenvalue weighted by atomic mass is 16.5. The van der Waals surface area contributed by atoms with Crippen LogP contribution in [0.1, 0.15) is 55.3 Å². The predicted octanol–water partition coefficient (Wildman–Crippen LogP) is 3.12. The molecule has 2 rings (SSSR count). The van der Waals surface area contributed by atoms with Crippen LogP contribution in [0.2, 0.25) is 0 Å². The third-order valence-electron chi connectivity index (χ3n) is 3.94. The Bertz CT molecular complexity index is 452. The first-order valence-electron chi connectivity index (χ1n) is 7.45. The van der Waals surface area contributed by atoms with Crippen LogP contribution in [0.3, 0.4) is 0 Å². The molecule has 0 saturated heterocycles. The van der Waals surface area contributed by atoms with Crippen molar-refractivity contribution < 1.29 is 9.53 Å². The van der Waals surface area contributed by atoms with Gasteiger partial charge in [-0.2, -0.15) is 0 Å². The molecule has 0 bridgehead atoms. The molecule has 0 aromatic heterocycles. The number of nitrogens with two attached hydrogens (primary N) is 1. The van der Waals surface area contributed by atoms with Gasteiger partial charge in [-0.3, -0.25) is 4.79 Å². The number of hydrogen-bond donors (Lipinski definition) is 2. The third-order valence-corrected chi connectivity index (χ3v) is 3.94. The van der Waals surface area contributed by atoms with Gasteiger partial charge in [0.15, 0.2) is 0 Å². The van der Waals surface area contributed by atoms with Gasteiger partial charge in [0.1, 0.15) is 5.75 Å². The molecule has 4 heteroatoms. The number of benzene rings is 1. The summed E-state index contributed by atoms with van der Waals surface area (Å²) in [4.78, 5) is 12.3. The van der Waals surface area contributed by atoms with Crippen LogP contribution in [0.25, 0.3) is 0 Å². The molecule has 0 spiro atoms. The Morgan fingerprint density at radius 2 is 1.85 bits per heavy atom. The first-order chi connectivity index (χ1) is 9.70. The highest BCUT2D eigenvalue weighted by Gasteiger charge is 2.16. The number of hydrogen-bond acceptors (Lipinski definition) is 3. The van der Waals surface area contributed by atoms with Gasteiger partial charge in [-0.25, -0.2) is 0 Å². The zero-order chi connectivity index (χ0) is 14.4. The summed E-state index contributed by atoms with van der Waals surface area (Å²) in [5.41, 5.74) is 6.93. The number of methoxy groups -OCH3 is 1. The number of nitrogen functional groups attached to an aromatic ring is 1. The van der Waals surface area contributed by atoms with Crippen molar-refractivity contribution in [3.63, 3.8) is 0 Å². The fourth-order valence-electron chi connectivity index (χ4n) is 2.72. The summed E-state index contributed by atoms with van der Waals surface area (Å²) < 4.78 is 5.16. The van der Waals surface area contributed by atoms with Crippen LogP contribution in [0.5, 0.6) is 5.75 Å². The van der Waals surface area contributed by atoms with E-state index in [1.54, 1.807) is 25.3 Å². The Morgan fingerprint density at radius 1 is 1.20 bits per heavy atom. The molecule has 20 heavy (non-hydrogen) atoms. The van der Waals surface area contributed by atoms with Gasteiger partial charge in [0, 0.05) is 11.6 Å². The van der Waals surface area contributed by atoms with Gasteiger partial charge in [-0.05, 0) is 31.0 Å². The number of carbonyl (C=O) groups is 1. The second-order valence-electron chi connectivity index (χ2n) is 5.47. The molecular weight excluding hydrogens is 252 g/mol. The third kappa shape index (κ3) is 3.89. The van der Waals surface area contributed by atoms with Crippen molar-refractivity contribution in [2.75, 3.05) is 12.8 Å². The number of ether oxygens (including phenoxy) is 1. The second-order valence-corrected chi connectivity index (χ2v) is 5.47. The highest BCUT2D eigenvalue weighted by Crippen LogP contribution is 2.23. The van der Waals surface area contributed by atoms with Gasteiger partial charge in [0.05, 0.1) is 12.8 Å². The molecule has 0 radical (unpaired) electrons. The fraction of sp³-hybridized carbons (Fsp3) is 0.562. The maximum Gasteiger partial charge on any atom is 0.251 e. The Kier molecular flexibility index (Phi) is 5.27. The zero-order valence-corrected chi connectivity index (χ0v) is 12.2. The summed E-state index contributed by atoms with van der Waals surface area (Å²) in [5.74, 6) is 0.518. The van der Waals surface area contributed by atoms with Crippen LogP contribution in [0.4, 0.5) is 5.69 Å². The molecule has 1 fully saturated rings. The summed E-state index contributed by atoms with van der Waals surface area (Å²) in [6, 6.07) is 5.46. The van der Waals surface area contributed by atoms with E-state index in [-0.39, 0.29) is 5.91 Å². The normalized spacial score (nSPS) is 17.1. The van der Waals surface area contributed by atoms with Gasteiger partial charge in [-0.1, -0.05) is 32.1 Å². The molecule has 1 saturated carbocycles. The molecule has 1 aliphatic carbocycles. The molecule has 1 amide bonds. The van der Waals surface area contributed by atoms with Crippen molar-refractivity contribution in [2.45, 2.75) is 51.0 Å². The van der Waals surface area contributed by atoms with Crippen LogP contribution >= 0.6 is 0 Å². The summed E-state index contributed by atoms with van der Waals surface area (Å²) in [6.07, 6.45) is 8.46. The van der Waals surface area contributed by atoms with Crippen molar-refractivity contribution in [3.05, 3.63) is 23.8 Å². The van der Waals surface area contributed by atoms with Crippen molar-refractivity contribution in [1.29, 1.82) is 0 Å². The van der Waals surface area contributed by atoms with Crippen LogP contribution < -0.4 is 15.8 Å². The fourth-order valence-corrected chi connectivity index (χ4v) is 2.72. The molecule has 0 atom stereocenters. The lowest BCUT2D eigenvalue weighted by molar-refractivity contribution is 0.0930. The standard InChI is InChI=1S/C16H24N2O2/c1-20-15-11-12(9-10-14(15)17)16(19)18-13-7-5-3-2-4-6-8-13/h9-11,13H,2-8,17H2,1H3,(H,18,19). The molecule has 1 aliphatic rings. The number of nitrogens with one attached hydrogen (secondary N) is 1. The minimum Gasteiger partial charge on any atom is -0.495 e. The van der Waals surface area contributed by atoms with Crippen molar-refractivity contribution >= 4 is 11.6 Å². The Balaban J connectivity index is 1.99. The van der Waals surface area contributed by atoms with E-state index in [1.807, 2.05) is 0 Å². The van der Waals surface area contributed by atoms with Gasteiger partial charge in [0.25, 0.3) is 5.91 Å². The van der Waals surface area contributed by atoms with E-state index in [9.17, 15) is 4.79 Å². The first-order valence-corrected chi connectivity index (χ1v) is 7.45. The molecule has 110 valence electrons. The van der Waals surface area contributed by atoms with Gasteiger partial charge < -0.3 is 15.8 Å². The monoisotopic (exact) mass is 276 g/mol. The van der Waals surface area contributed by atoms with Crippen molar-refractivity contribution in [1.82, 2.24) is 5.32 Å². The molecule has 0 unspecified atom stereocenters. The molecule has 0 heterocycles. The number of carbonyl (C=O) groups excluding carboxylic acids is 1. The summed E-state index contributed by atoms with van der Waals surface area (Å²) in [5, 5.41) is 3.14. The number of rotatable bonds is 3. The Morgan fingerprint density at radius 3 is 2.50 bits per heavy atom. The maximum absolute atomic E-state index is 12.3. The van der Waals surface area contributed by atoms with E-state index in [0.29, 0.717) is 23.0 Å². The molecule has 0 aliphatic heterocycles. The average Bonchev–Trinajstić information content (AvgIpc) is 2.42. The quantitative estimate of drug-likeness (QED) is 0.834. The van der Waals surface area contributed by atoms with E-state index in [0.717, 1.165) is 12.8 Å². The van der Waals surface area contributed by atoms with E-state index in [1.165, 1.54) is 32.1 Å². The highest BCUT2D eigenvalue weighted by molar-refractivity contribution is 5.95. The lowest BCUT2D eigenvalue weighted by Gasteiger charge is -2.21. The van der Waals surface area contributed by atoms with E-state index in [2.05, 4.69) is 5.32 Å². The number of anilines is 1. The van der Waals surface area contributed by atoms with Gasteiger partial charge in [0.2, 0.25) is 0 Å². The first kappa shape index (κ1) is 14.7. The molecule has 1 aromatic carbocycles. The molecule has 1 aromatic rings. The van der Waals surface area contributed by atoms with Crippen LogP contribution in [0, 0.1) is 0 Å². The summed E-state index contributed by atoms with van der Waals surface area (Å²) in [7, 11) is 1.56. The summed E-state index contributed by atoms with van der Waals surface area (Å²) in [6.45, 7) is 0.